The fraction of sp³-hybridized carbons (Fsp3) is 0.263. The zero-order valence-electron chi connectivity index (χ0n) is 14.9. The molecule has 1 aromatic heterocycles. The van der Waals surface area contributed by atoms with Crippen molar-refractivity contribution in [2.24, 2.45) is 5.73 Å². The topological polar surface area (TPSA) is 111 Å². The van der Waals surface area contributed by atoms with Gasteiger partial charge in [-0.3, -0.25) is 9.48 Å². The summed E-state index contributed by atoms with van der Waals surface area (Å²) in [5, 5.41) is 13.3. The number of allylic oxidation sites excluding steroid dienone is 1. The molecular formula is C19H20N4O3. The van der Waals surface area contributed by atoms with E-state index in [1.807, 2.05) is 30.3 Å². The summed E-state index contributed by atoms with van der Waals surface area (Å²) < 4.78 is 6.78. The number of Topliss-reactive ketones (excluding diaryl/α,β-unsaturated/α-hetero) is 1. The van der Waals surface area contributed by atoms with E-state index in [1.165, 1.54) is 6.92 Å². The van der Waals surface area contributed by atoms with Gasteiger partial charge in [-0.25, -0.2) is 4.79 Å². The average Bonchev–Trinajstić information content (AvgIpc) is 2.87. The number of ether oxygens (including phenoxy) is 1. The standard InChI is InChI=1S/C19H20N4O3/c1-12(21)16(9-20)17(24)11-26-19(25)18-13(2)22-23(14(18)3)10-15-7-5-4-6-8-15/h4-8H,10-11,21H2,1-3H3/b16-12-. The molecule has 134 valence electrons. The predicted molar refractivity (Wildman–Crippen MR) is 95.0 cm³/mol. The number of benzene rings is 1. The Kier molecular flexibility index (Phi) is 5.91. The molecule has 2 aromatic rings. The number of aryl methyl sites for hydroxylation is 1. The second-order valence-corrected chi connectivity index (χ2v) is 5.86. The molecule has 1 aromatic carbocycles. The van der Waals surface area contributed by atoms with Crippen LogP contribution in [0.5, 0.6) is 0 Å². The molecule has 0 aliphatic heterocycles. The lowest BCUT2D eigenvalue weighted by Gasteiger charge is -2.06. The van der Waals surface area contributed by atoms with Gasteiger partial charge in [-0.2, -0.15) is 10.4 Å². The van der Waals surface area contributed by atoms with Crippen molar-refractivity contribution in [1.29, 1.82) is 5.26 Å². The maximum Gasteiger partial charge on any atom is 0.342 e. The van der Waals surface area contributed by atoms with Crippen LogP contribution in [0.25, 0.3) is 0 Å². The average molecular weight is 352 g/mol. The van der Waals surface area contributed by atoms with Crippen LogP contribution in [-0.4, -0.2) is 28.1 Å². The van der Waals surface area contributed by atoms with Crippen LogP contribution in [0.4, 0.5) is 0 Å². The van der Waals surface area contributed by atoms with Crippen molar-refractivity contribution in [3.05, 3.63) is 64.1 Å². The molecule has 7 nitrogen and oxygen atoms in total. The van der Waals surface area contributed by atoms with Crippen molar-refractivity contribution < 1.29 is 14.3 Å². The third-order valence-corrected chi connectivity index (χ3v) is 3.88. The Balaban J connectivity index is 2.14. The second kappa shape index (κ2) is 8.12. The first kappa shape index (κ1) is 18.9. The number of hydrogen-bond donors (Lipinski definition) is 1. The van der Waals surface area contributed by atoms with Gasteiger partial charge in [0.25, 0.3) is 0 Å². The number of hydrogen-bond acceptors (Lipinski definition) is 6. The number of nitrogens with zero attached hydrogens (tertiary/aromatic N) is 3. The maximum atomic E-state index is 12.4. The van der Waals surface area contributed by atoms with E-state index in [0.717, 1.165) is 5.56 Å². The highest BCUT2D eigenvalue weighted by molar-refractivity contribution is 6.02. The fourth-order valence-electron chi connectivity index (χ4n) is 2.55. The minimum absolute atomic E-state index is 0.0941. The molecule has 0 amide bonds. The van der Waals surface area contributed by atoms with Gasteiger partial charge in [0.2, 0.25) is 5.78 Å². The van der Waals surface area contributed by atoms with Gasteiger partial charge < -0.3 is 10.5 Å². The van der Waals surface area contributed by atoms with E-state index in [-0.39, 0.29) is 11.3 Å². The van der Waals surface area contributed by atoms with Gasteiger partial charge in [0, 0.05) is 5.70 Å². The Bertz CT molecular complexity index is 901. The van der Waals surface area contributed by atoms with E-state index < -0.39 is 18.4 Å². The van der Waals surface area contributed by atoms with Gasteiger partial charge in [0.15, 0.2) is 6.61 Å². The predicted octanol–water partition coefficient (Wildman–Crippen LogP) is 2.03. The number of ketones is 1. The monoisotopic (exact) mass is 352 g/mol. The van der Waals surface area contributed by atoms with Gasteiger partial charge in [0.05, 0.1) is 17.9 Å². The molecule has 7 heteroatoms. The Morgan fingerprint density at radius 2 is 1.92 bits per heavy atom. The molecule has 0 fully saturated rings. The van der Waals surface area contributed by atoms with Crippen LogP contribution >= 0.6 is 0 Å². The maximum absolute atomic E-state index is 12.4. The highest BCUT2D eigenvalue weighted by Crippen LogP contribution is 2.16. The minimum atomic E-state index is -0.653. The molecule has 0 bridgehead atoms. The van der Waals surface area contributed by atoms with Crippen LogP contribution < -0.4 is 5.73 Å². The van der Waals surface area contributed by atoms with Crippen LogP contribution in [0.2, 0.25) is 0 Å². The summed E-state index contributed by atoms with van der Waals surface area (Å²) in [4.78, 5) is 24.3. The van der Waals surface area contributed by atoms with Crippen LogP contribution in [0, 0.1) is 25.2 Å². The summed E-state index contributed by atoms with van der Waals surface area (Å²) in [6.45, 7) is 4.90. The quantitative estimate of drug-likeness (QED) is 0.484. The Labute approximate surface area is 151 Å². The summed E-state index contributed by atoms with van der Waals surface area (Å²) in [7, 11) is 0. The molecular weight excluding hydrogens is 332 g/mol. The number of nitriles is 1. The molecule has 1 heterocycles. The van der Waals surface area contributed by atoms with Crippen LogP contribution in [0.1, 0.15) is 34.2 Å². The third-order valence-electron chi connectivity index (χ3n) is 3.88. The van der Waals surface area contributed by atoms with E-state index in [1.54, 1.807) is 24.6 Å². The fourth-order valence-corrected chi connectivity index (χ4v) is 2.55. The van der Waals surface area contributed by atoms with Crippen molar-refractivity contribution >= 4 is 11.8 Å². The number of esters is 1. The van der Waals surface area contributed by atoms with Gasteiger partial charge >= 0.3 is 5.97 Å². The van der Waals surface area contributed by atoms with Gasteiger partial charge in [-0.05, 0) is 26.3 Å². The van der Waals surface area contributed by atoms with Crippen molar-refractivity contribution in [2.75, 3.05) is 6.61 Å². The van der Waals surface area contributed by atoms with Crippen LogP contribution in [-0.2, 0) is 16.1 Å². The summed E-state index contributed by atoms with van der Waals surface area (Å²) >= 11 is 0. The number of carbonyl (C=O) groups excluding carboxylic acids is 2. The first-order chi connectivity index (χ1) is 12.3. The second-order valence-electron chi connectivity index (χ2n) is 5.86. The molecule has 0 aliphatic carbocycles. The number of carbonyl (C=O) groups is 2. The summed E-state index contributed by atoms with van der Waals surface area (Å²) in [5.41, 5.74) is 7.90. The normalized spacial score (nSPS) is 11.5. The molecule has 2 N–H and O–H groups in total. The molecule has 0 aliphatic rings. The highest BCUT2D eigenvalue weighted by atomic mass is 16.5. The van der Waals surface area contributed by atoms with E-state index in [9.17, 15) is 9.59 Å². The van der Waals surface area contributed by atoms with Crippen molar-refractivity contribution in [3.8, 4) is 6.07 Å². The molecule has 0 saturated carbocycles. The van der Waals surface area contributed by atoms with E-state index in [2.05, 4.69) is 5.10 Å². The van der Waals surface area contributed by atoms with Gasteiger partial charge in [0.1, 0.15) is 17.2 Å². The first-order valence-electron chi connectivity index (χ1n) is 7.99. The summed E-state index contributed by atoms with van der Waals surface area (Å²) in [5.74, 6) is -1.28. The van der Waals surface area contributed by atoms with Gasteiger partial charge in [-0.1, -0.05) is 30.3 Å². The molecule has 26 heavy (non-hydrogen) atoms. The van der Waals surface area contributed by atoms with Crippen molar-refractivity contribution in [1.82, 2.24) is 9.78 Å². The third kappa shape index (κ3) is 4.16. The first-order valence-corrected chi connectivity index (χ1v) is 7.99. The number of aromatic nitrogens is 2. The van der Waals surface area contributed by atoms with Crippen molar-refractivity contribution in [2.45, 2.75) is 27.3 Å². The molecule has 0 radical (unpaired) electrons. The van der Waals surface area contributed by atoms with Crippen LogP contribution in [0.3, 0.4) is 0 Å². The van der Waals surface area contributed by atoms with E-state index >= 15 is 0 Å². The number of rotatable bonds is 6. The zero-order valence-corrected chi connectivity index (χ0v) is 14.9. The van der Waals surface area contributed by atoms with Crippen LogP contribution in [0.15, 0.2) is 41.6 Å². The lowest BCUT2D eigenvalue weighted by atomic mass is 10.1. The van der Waals surface area contributed by atoms with Crippen molar-refractivity contribution in [3.63, 3.8) is 0 Å². The smallest absolute Gasteiger partial charge is 0.342 e. The van der Waals surface area contributed by atoms with Gasteiger partial charge in [-0.15, -0.1) is 0 Å². The number of nitrogens with two attached hydrogens (primary N) is 1. The summed E-state index contributed by atoms with van der Waals surface area (Å²) in [6, 6.07) is 11.4. The lowest BCUT2D eigenvalue weighted by molar-refractivity contribution is -0.118. The Morgan fingerprint density at radius 1 is 1.27 bits per heavy atom. The Morgan fingerprint density at radius 3 is 2.50 bits per heavy atom. The molecule has 2 rings (SSSR count). The molecule has 0 spiro atoms. The molecule has 0 atom stereocenters. The van der Waals surface area contributed by atoms with E-state index in [4.69, 9.17) is 15.7 Å². The Hall–Kier alpha value is -3.40. The minimum Gasteiger partial charge on any atom is -0.454 e. The summed E-state index contributed by atoms with van der Waals surface area (Å²) in [6.07, 6.45) is 0. The lowest BCUT2D eigenvalue weighted by Crippen LogP contribution is -2.18. The molecule has 0 unspecified atom stereocenters. The molecule has 0 saturated heterocycles. The zero-order chi connectivity index (χ0) is 19.3. The highest BCUT2D eigenvalue weighted by Gasteiger charge is 2.22. The van der Waals surface area contributed by atoms with E-state index in [0.29, 0.717) is 23.5 Å². The SMILES string of the molecule is C/C(N)=C(\C#N)C(=O)COC(=O)c1c(C)nn(Cc2ccccc2)c1C. The largest absolute Gasteiger partial charge is 0.454 e.